The predicted octanol–water partition coefficient (Wildman–Crippen LogP) is 3.89. The van der Waals surface area contributed by atoms with Crippen LogP contribution in [0.4, 0.5) is 10.2 Å². The summed E-state index contributed by atoms with van der Waals surface area (Å²) in [6.07, 6.45) is 7.44. The molecule has 3 atom stereocenters. The summed E-state index contributed by atoms with van der Waals surface area (Å²) in [5.41, 5.74) is 2.30. The Labute approximate surface area is 182 Å². The Morgan fingerprint density at radius 3 is 2.71 bits per heavy atom. The Balaban J connectivity index is 1.38. The van der Waals surface area contributed by atoms with Crippen LogP contribution in [0.1, 0.15) is 71.9 Å². The van der Waals surface area contributed by atoms with Gasteiger partial charge in [0.1, 0.15) is 12.0 Å². The Hall–Kier alpha value is -2.54. The van der Waals surface area contributed by atoms with Crippen molar-refractivity contribution in [1.82, 2.24) is 15.3 Å². The second-order valence-corrected chi connectivity index (χ2v) is 8.87. The van der Waals surface area contributed by atoms with E-state index in [0.717, 1.165) is 37.5 Å². The van der Waals surface area contributed by atoms with E-state index < -0.39 is 12.3 Å². The van der Waals surface area contributed by atoms with Gasteiger partial charge in [-0.25, -0.2) is 9.37 Å². The zero-order valence-electron chi connectivity index (χ0n) is 18.0. The smallest absolute Gasteiger partial charge is 0.253 e. The first-order chi connectivity index (χ1) is 15.0. The normalized spacial score (nSPS) is 22.0. The van der Waals surface area contributed by atoms with Gasteiger partial charge in [-0.15, -0.1) is 0 Å². The summed E-state index contributed by atoms with van der Waals surface area (Å²) in [6.45, 7) is 2.74. The van der Waals surface area contributed by atoms with Gasteiger partial charge in [0.15, 0.2) is 0 Å². The number of anilines is 1. The fourth-order valence-electron chi connectivity index (χ4n) is 4.02. The minimum atomic E-state index is -1.23. The van der Waals surface area contributed by atoms with E-state index in [4.69, 9.17) is 0 Å². The fraction of sp³-hybridized carbons (Fsp3) is 0.542. The number of halogens is 1. The maximum absolute atomic E-state index is 15.0. The highest BCUT2D eigenvalue weighted by atomic mass is 19.1. The molecule has 2 saturated carbocycles. The first-order valence-electron chi connectivity index (χ1n) is 11.3. The number of aryl methyl sites for hydroxylation is 1. The maximum atomic E-state index is 15.0. The summed E-state index contributed by atoms with van der Waals surface area (Å²) in [5, 5.41) is 16.3. The van der Waals surface area contributed by atoms with Crippen LogP contribution in [0.5, 0.6) is 0 Å². The summed E-state index contributed by atoms with van der Waals surface area (Å²) in [6, 6.07) is 5.04. The summed E-state index contributed by atoms with van der Waals surface area (Å²) in [4.78, 5) is 21.3. The van der Waals surface area contributed by atoms with E-state index in [1.807, 2.05) is 13.0 Å². The Morgan fingerprint density at radius 1 is 1.19 bits per heavy atom. The number of aromatic nitrogens is 2. The Bertz CT molecular complexity index is 901. The molecule has 2 fully saturated rings. The second kappa shape index (κ2) is 9.73. The Kier molecular flexibility index (Phi) is 6.80. The third kappa shape index (κ3) is 5.79. The molecular weight excluding hydrogens is 395 g/mol. The lowest BCUT2D eigenvalue weighted by molar-refractivity contribution is 0.0717. The number of nitrogens with zero attached hydrogens (tertiary/aromatic N) is 2. The van der Waals surface area contributed by atoms with Crippen molar-refractivity contribution in [1.29, 1.82) is 0 Å². The highest BCUT2D eigenvalue weighted by molar-refractivity contribution is 5.94. The molecule has 2 aliphatic carbocycles. The molecule has 2 aromatic rings. The number of alkyl halides is 1. The molecule has 6 nitrogen and oxygen atoms in total. The lowest BCUT2D eigenvalue weighted by Crippen LogP contribution is -2.45. The first kappa shape index (κ1) is 21.7. The van der Waals surface area contributed by atoms with Gasteiger partial charge in [-0.2, -0.15) is 0 Å². The summed E-state index contributed by atoms with van der Waals surface area (Å²) >= 11 is 0. The lowest BCUT2D eigenvalue weighted by atomic mass is 9.92. The third-order valence-electron chi connectivity index (χ3n) is 6.32. The van der Waals surface area contributed by atoms with Crippen molar-refractivity contribution in [3.8, 4) is 0 Å². The number of aliphatic hydroxyl groups is 1. The van der Waals surface area contributed by atoms with Gasteiger partial charge in [0, 0.05) is 36.6 Å². The van der Waals surface area contributed by atoms with Crippen molar-refractivity contribution in [2.24, 2.45) is 5.92 Å². The zero-order valence-corrected chi connectivity index (χ0v) is 18.0. The molecular formula is C24H31FN4O2. The van der Waals surface area contributed by atoms with Gasteiger partial charge in [0.05, 0.1) is 17.7 Å². The van der Waals surface area contributed by atoms with E-state index in [1.165, 1.54) is 19.0 Å². The zero-order chi connectivity index (χ0) is 21.8. The number of aliphatic hydroxyl groups excluding tert-OH is 1. The van der Waals surface area contributed by atoms with Crippen molar-refractivity contribution in [3.05, 3.63) is 53.0 Å². The first-order valence-corrected chi connectivity index (χ1v) is 11.3. The van der Waals surface area contributed by atoms with Gasteiger partial charge in [0.25, 0.3) is 5.91 Å². The minimum Gasteiger partial charge on any atom is -0.391 e. The molecule has 0 bridgehead atoms. The molecule has 2 heterocycles. The number of hydrogen-bond donors (Lipinski definition) is 3. The molecule has 0 radical (unpaired) electrons. The standard InChI is InChI=1S/C24H31FN4O2/c1-15-18(10-19(14-26-15)24(31)29-21-4-2-3-5-22(21)30)11-20(25)17-8-9-23(28-13-17)27-12-16-6-7-16/h8-10,13-14,16,20-22,30H,2-7,11-12H2,1H3,(H,27,28)(H,29,31)/t20?,21-,22-/m0/s1. The molecule has 4 rings (SSSR count). The van der Waals surface area contributed by atoms with Crippen molar-refractivity contribution in [2.75, 3.05) is 11.9 Å². The molecule has 0 spiro atoms. The number of carbonyl (C=O) groups is 1. The number of pyridine rings is 2. The summed E-state index contributed by atoms with van der Waals surface area (Å²) in [5.74, 6) is 1.24. The van der Waals surface area contributed by atoms with Gasteiger partial charge < -0.3 is 15.7 Å². The Morgan fingerprint density at radius 2 is 2.00 bits per heavy atom. The fourth-order valence-corrected chi connectivity index (χ4v) is 4.02. The van der Waals surface area contributed by atoms with E-state index in [0.29, 0.717) is 28.8 Å². The number of hydrogen-bond acceptors (Lipinski definition) is 5. The molecule has 0 aromatic carbocycles. The highest BCUT2D eigenvalue weighted by Gasteiger charge is 2.25. The van der Waals surface area contributed by atoms with Crippen LogP contribution in [-0.2, 0) is 6.42 Å². The van der Waals surface area contributed by atoms with Crippen molar-refractivity contribution < 1.29 is 14.3 Å². The third-order valence-corrected chi connectivity index (χ3v) is 6.32. The van der Waals surface area contributed by atoms with Crippen LogP contribution in [0.15, 0.2) is 30.6 Å². The molecule has 166 valence electrons. The summed E-state index contributed by atoms with van der Waals surface area (Å²) in [7, 11) is 0. The molecule has 1 unspecified atom stereocenters. The second-order valence-electron chi connectivity index (χ2n) is 8.87. The topological polar surface area (TPSA) is 87.1 Å². The van der Waals surface area contributed by atoms with Crippen LogP contribution in [0.2, 0.25) is 0 Å². The number of nitrogens with one attached hydrogen (secondary N) is 2. The van der Waals surface area contributed by atoms with Gasteiger partial charge in [0.2, 0.25) is 0 Å². The van der Waals surface area contributed by atoms with Crippen LogP contribution in [0.3, 0.4) is 0 Å². The molecule has 0 aliphatic heterocycles. The highest BCUT2D eigenvalue weighted by Crippen LogP contribution is 2.29. The van der Waals surface area contributed by atoms with Crippen LogP contribution >= 0.6 is 0 Å². The molecule has 3 N–H and O–H groups in total. The molecule has 1 amide bonds. The van der Waals surface area contributed by atoms with E-state index >= 15 is 0 Å². The van der Waals surface area contributed by atoms with E-state index in [1.54, 1.807) is 18.3 Å². The number of carbonyl (C=O) groups excluding carboxylic acids is 1. The van der Waals surface area contributed by atoms with Gasteiger partial charge in [-0.05, 0) is 56.2 Å². The SMILES string of the molecule is Cc1ncc(C(=O)N[C@H]2CCCC[C@@H]2O)cc1CC(F)c1ccc(NCC2CC2)nc1. The molecule has 31 heavy (non-hydrogen) atoms. The van der Waals surface area contributed by atoms with E-state index in [2.05, 4.69) is 20.6 Å². The maximum Gasteiger partial charge on any atom is 0.253 e. The number of amides is 1. The average molecular weight is 427 g/mol. The minimum absolute atomic E-state index is 0.128. The van der Waals surface area contributed by atoms with Crippen LogP contribution < -0.4 is 10.6 Å². The van der Waals surface area contributed by atoms with E-state index in [9.17, 15) is 14.3 Å². The van der Waals surface area contributed by atoms with Crippen LogP contribution in [0, 0.1) is 12.8 Å². The van der Waals surface area contributed by atoms with Gasteiger partial charge >= 0.3 is 0 Å². The largest absolute Gasteiger partial charge is 0.391 e. The molecule has 2 aliphatic rings. The van der Waals surface area contributed by atoms with E-state index in [-0.39, 0.29) is 18.4 Å². The van der Waals surface area contributed by atoms with Crippen molar-refractivity contribution in [3.63, 3.8) is 0 Å². The number of rotatable bonds is 8. The molecule has 2 aromatic heterocycles. The predicted molar refractivity (Wildman–Crippen MR) is 118 cm³/mol. The quantitative estimate of drug-likeness (QED) is 0.596. The van der Waals surface area contributed by atoms with Gasteiger partial charge in [-0.3, -0.25) is 9.78 Å². The van der Waals surface area contributed by atoms with Crippen molar-refractivity contribution in [2.45, 2.75) is 70.2 Å². The van der Waals surface area contributed by atoms with Crippen LogP contribution in [0.25, 0.3) is 0 Å². The molecule has 7 heteroatoms. The summed E-state index contributed by atoms with van der Waals surface area (Å²) < 4.78 is 15.0. The average Bonchev–Trinajstić information content (AvgIpc) is 3.60. The van der Waals surface area contributed by atoms with Crippen LogP contribution in [-0.4, -0.2) is 39.7 Å². The monoisotopic (exact) mass is 426 g/mol. The van der Waals surface area contributed by atoms with Gasteiger partial charge in [-0.1, -0.05) is 18.9 Å². The lowest BCUT2D eigenvalue weighted by Gasteiger charge is -2.28. The molecule has 0 saturated heterocycles. The van der Waals surface area contributed by atoms with Crippen molar-refractivity contribution >= 4 is 11.7 Å².